The van der Waals surface area contributed by atoms with Crippen LogP contribution < -0.4 is 0 Å². The largest absolute Gasteiger partial charge is 0.310 e. The Bertz CT molecular complexity index is 605. The van der Waals surface area contributed by atoms with Crippen LogP contribution in [0, 0.1) is 0 Å². The number of rotatable bonds is 3. The van der Waals surface area contributed by atoms with Gasteiger partial charge >= 0.3 is 0 Å². The van der Waals surface area contributed by atoms with Crippen LogP contribution in [0.4, 0.5) is 0 Å². The zero-order valence-corrected chi connectivity index (χ0v) is 9.18. The predicted molar refractivity (Wildman–Crippen MR) is 64.0 cm³/mol. The first-order chi connectivity index (χ1) is 7.94. The van der Waals surface area contributed by atoms with E-state index in [4.69, 9.17) is 4.50 Å². The Hall–Kier alpha value is -0.650. The lowest BCUT2D eigenvalue weighted by Gasteiger charge is -2.10. The van der Waals surface area contributed by atoms with Crippen molar-refractivity contribution in [3.63, 3.8) is 0 Å². The van der Waals surface area contributed by atoms with Gasteiger partial charge in [0.1, 0.15) is 5.25 Å². The van der Waals surface area contributed by atoms with Crippen molar-refractivity contribution in [3.05, 3.63) is 35.9 Å². The summed E-state index contributed by atoms with van der Waals surface area (Å²) < 4.78 is 49.9. The molecule has 0 saturated carbocycles. The number of hydrogen-bond acceptors (Lipinski definition) is 2. The zero-order chi connectivity index (χ0) is 14.2. The third kappa shape index (κ3) is 2.67. The van der Waals surface area contributed by atoms with Gasteiger partial charge in [-0.15, -0.1) is 0 Å². The van der Waals surface area contributed by atoms with E-state index in [2.05, 4.69) is 0 Å². The van der Waals surface area contributed by atoms with Crippen molar-refractivity contribution in [3.8, 4) is 0 Å². The molecule has 0 saturated heterocycles. The van der Waals surface area contributed by atoms with Gasteiger partial charge in [0.05, 0.1) is 13.3 Å². The lowest BCUT2D eigenvalue weighted by atomic mass is 10.1. The monoisotopic (exact) mass is 238 g/mol. The predicted octanol–water partition coefficient (Wildman–Crippen LogP) is 0.406. The average Bonchev–Trinajstić information content (AvgIpc) is 2.25. The molecule has 3 nitrogen and oxygen atoms in total. The highest BCUT2D eigenvalue weighted by Crippen LogP contribution is 2.08. The molecule has 0 amide bonds. The van der Waals surface area contributed by atoms with Crippen molar-refractivity contribution in [2.24, 2.45) is 0 Å². The molecule has 80 valence electrons. The Morgan fingerprint density at radius 2 is 2.14 bits per heavy atom. The van der Waals surface area contributed by atoms with Gasteiger partial charge in [0.15, 0.2) is 5.78 Å². The van der Waals surface area contributed by atoms with Crippen LogP contribution in [0.15, 0.2) is 30.3 Å². The highest BCUT2D eigenvalue weighted by atomic mass is 32.8. The van der Waals surface area contributed by atoms with Crippen molar-refractivity contribution in [1.82, 2.24) is 0 Å². The van der Waals surface area contributed by atoms with E-state index in [1.807, 2.05) is 0 Å². The first-order valence-electron chi connectivity index (χ1n) is 5.62. The third-order valence-electron chi connectivity index (χ3n) is 1.87. The van der Waals surface area contributed by atoms with Gasteiger partial charge in [-0.05, 0) is 6.92 Å². The second kappa shape index (κ2) is 4.25. The van der Waals surface area contributed by atoms with E-state index in [-0.39, 0.29) is 5.56 Å². The molecule has 5 heteroatoms. The Labute approximate surface area is 92.0 Å². The minimum atomic E-state index is -5.49. The van der Waals surface area contributed by atoms with Gasteiger partial charge in [-0.2, -0.15) is 0 Å². The van der Waals surface area contributed by atoms with E-state index < -0.39 is 30.6 Å². The molecule has 2 atom stereocenters. The SMILES string of the molecule is [2H]S([2H])([2H])([2H])=S(=O)(O)C(C)C(=O)c1ccccc1. The minimum absolute atomic E-state index is 0.156. The minimum Gasteiger partial charge on any atom is -0.310 e. The zero-order valence-electron chi connectivity index (χ0n) is 11.5. The normalized spacial score (nSPS) is 25.1. The summed E-state index contributed by atoms with van der Waals surface area (Å²) in [6.45, 7) is 1.07. The summed E-state index contributed by atoms with van der Waals surface area (Å²) in [4.78, 5) is 11.9. The Morgan fingerprint density at radius 3 is 2.64 bits per heavy atom. The van der Waals surface area contributed by atoms with Gasteiger partial charge < -0.3 is 4.55 Å². The van der Waals surface area contributed by atoms with Gasteiger partial charge in [-0.3, -0.25) is 4.79 Å². The third-order valence-corrected chi connectivity index (χ3v) is 3.85. The number of ketones is 1. The fourth-order valence-corrected chi connectivity index (χ4v) is 1.64. The van der Waals surface area contributed by atoms with E-state index >= 15 is 0 Å². The molecule has 0 aromatic heterocycles. The Balaban J connectivity index is 3.37. The molecule has 14 heavy (non-hydrogen) atoms. The maximum absolute atomic E-state index is 11.9. The number of carbonyl (C=O) groups excluding carboxylic acids is 1. The van der Waals surface area contributed by atoms with E-state index in [1.165, 1.54) is 12.1 Å². The molecule has 0 radical (unpaired) electrons. The molecular formula is C9H14O3S2. The molecule has 0 aliphatic rings. The topological polar surface area (TPSA) is 54.4 Å². The Morgan fingerprint density at radius 1 is 1.57 bits per heavy atom. The van der Waals surface area contributed by atoms with Gasteiger partial charge in [-0.1, -0.05) is 30.3 Å². The van der Waals surface area contributed by atoms with E-state index in [0.29, 0.717) is 0 Å². The van der Waals surface area contributed by atoms with Crippen LogP contribution in [-0.2, 0) is 19.6 Å². The highest BCUT2D eigenvalue weighted by Gasteiger charge is 2.21. The van der Waals surface area contributed by atoms with Crippen LogP contribution in [0.1, 0.15) is 17.3 Å². The molecule has 1 rings (SSSR count). The van der Waals surface area contributed by atoms with Crippen LogP contribution in [-0.4, -0.2) is 24.3 Å². The van der Waals surface area contributed by atoms with Crippen molar-refractivity contribution in [2.75, 3.05) is 0 Å². The number of Topliss-reactive ketones (excluding diaryl/α,β-unsaturated/α-hetero) is 1. The summed E-state index contributed by atoms with van der Waals surface area (Å²) in [6, 6.07) is 7.67. The van der Waals surface area contributed by atoms with Gasteiger partial charge in [0.2, 0.25) is 0 Å². The van der Waals surface area contributed by atoms with Crippen LogP contribution in [0.2, 0.25) is 0 Å². The summed E-state index contributed by atoms with van der Waals surface area (Å²) in [5.41, 5.74) is 0.156. The molecule has 2 unspecified atom stereocenters. The van der Waals surface area contributed by atoms with Crippen LogP contribution >= 0.6 is 0 Å². The van der Waals surface area contributed by atoms with Gasteiger partial charge in [0, 0.05) is 5.56 Å². The molecule has 1 aromatic rings. The van der Waals surface area contributed by atoms with Crippen molar-refractivity contribution in [1.29, 1.82) is 4.50 Å². The smallest absolute Gasteiger partial charge is 0.180 e. The molecule has 0 aliphatic carbocycles. The number of hydrogen-bond donors (Lipinski definition) is 1. The second-order valence-electron chi connectivity index (χ2n) is 2.89. The Kier molecular flexibility index (Phi) is 2.05. The van der Waals surface area contributed by atoms with Crippen LogP contribution in [0.25, 0.3) is 0 Å². The molecule has 0 spiro atoms. The van der Waals surface area contributed by atoms with Crippen LogP contribution in [0.3, 0.4) is 0 Å². The fourth-order valence-electron chi connectivity index (χ4n) is 0.972. The van der Waals surface area contributed by atoms with Gasteiger partial charge in [-0.25, -0.2) is 15.0 Å². The standard InChI is InChI=1S/C9H14O3S2/c1-7(14(11,12)13)9(10)8-5-3-2-4-6-8/h2-7H,1H3,13H4,(H,11,12)/i13D4. The second-order valence-corrected chi connectivity index (χ2v) is 6.06. The highest BCUT2D eigenvalue weighted by molar-refractivity contribution is 8.30. The first kappa shape index (κ1) is 6.76. The van der Waals surface area contributed by atoms with Gasteiger partial charge in [0.25, 0.3) is 0 Å². The van der Waals surface area contributed by atoms with E-state index in [1.54, 1.807) is 18.2 Å². The summed E-state index contributed by atoms with van der Waals surface area (Å²) >= 11 is 0. The summed E-state index contributed by atoms with van der Waals surface area (Å²) in [7, 11) is -10.0. The summed E-state index contributed by atoms with van der Waals surface area (Å²) in [6.07, 6.45) is 0. The van der Waals surface area contributed by atoms with Crippen molar-refractivity contribution < 1.29 is 13.6 Å². The quantitative estimate of drug-likeness (QED) is 0.776. The molecule has 1 N–H and O–H groups in total. The summed E-state index contributed by atoms with van der Waals surface area (Å²) in [5.74, 6) is -0.745. The maximum Gasteiger partial charge on any atom is 0.180 e. The molecule has 1 aromatic carbocycles. The molecular weight excluding hydrogens is 220 g/mol. The fraction of sp³-hybridized carbons (Fsp3) is 0.222. The molecule has 0 bridgehead atoms. The first-order valence-corrected chi connectivity index (χ1v) is 6.49. The number of carbonyl (C=O) groups is 1. The van der Waals surface area contributed by atoms with Crippen molar-refractivity contribution in [2.45, 2.75) is 12.2 Å². The molecule has 0 fully saturated rings. The van der Waals surface area contributed by atoms with E-state index in [9.17, 15) is 13.6 Å². The molecule has 0 heterocycles. The lowest BCUT2D eigenvalue weighted by molar-refractivity contribution is 0.0991. The average molecular weight is 238 g/mol. The lowest BCUT2D eigenvalue weighted by Crippen LogP contribution is -2.25. The van der Waals surface area contributed by atoms with Crippen LogP contribution in [0.5, 0.6) is 0 Å². The summed E-state index contributed by atoms with van der Waals surface area (Å²) in [5, 5.41) is -1.63. The number of benzene rings is 1. The molecule has 0 aliphatic heterocycles. The maximum atomic E-state index is 11.9. The van der Waals surface area contributed by atoms with Crippen molar-refractivity contribution >= 4 is 25.4 Å². The van der Waals surface area contributed by atoms with E-state index in [0.717, 1.165) is 6.92 Å².